The Morgan fingerprint density at radius 2 is 2.16 bits per heavy atom. The molecule has 0 saturated carbocycles. The topological polar surface area (TPSA) is 64.5 Å². The van der Waals surface area contributed by atoms with Crippen LogP contribution in [-0.4, -0.2) is 29.2 Å². The average Bonchev–Trinajstić information content (AvgIpc) is 3.03. The minimum absolute atomic E-state index is 0.230. The van der Waals surface area contributed by atoms with Crippen molar-refractivity contribution in [3.8, 4) is 11.6 Å². The molecule has 0 atom stereocenters. The Labute approximate surface area is 146 Å². The average molecular weight is 336 g/mol. The molecule has 1 N–H and O–H groups in total. The Morgan fingerprint density at radius 3 is 2.84 bits per heavy atom. The third kappa shape index (κ3) is 3.95. The molecule has 0 bridgehead atoms. The maximum Gasteiger partial charge on any atom is 0.246 e. The van der Waals surface area contributed by atoms with E-state index in [4.69, 9.17) is 15.7 Å². The van der Waals surface area contributed by atoms with Gasteiger partial charge in [-0.2, -0.15) is 0 Å². The van der Waals surface area contributed by atoms with Crippen LogP contribution in [0.2, 0.25) is 0 Å². The van der Waals surface area contributed by atoms with Crippen molar-refractivity contribution < 1.29 is 9.15 Å². The molecule has 1 aromatic carbocycles. The van der Waals surface area contributed by atoms with Crippen LogP contribution < -0.4 is 5.32 Å². The first-order chi connectivity index (χ1) is 12.1. The van der Waals surface area contributed by atoms with Gasteiger partial charge in [0.15, 0.2) is 11.3 Å². The van der Waals surface area contributed by atoms with E-state index >= 15 is 0 Å². The van der Waals surface area contributed by atoms with E-state index < -0.39 is 0 Å². The quantitative estimate of drug-likeness (QED) is 0.527. The van der Waals surface area contributed by atoms with Gasteiger partial charge in [0.25, 0.3) is 0 Å². The number of aromatic nitrogens is 2. The van der Waals surface area contributed by atoms with Gasteiger partial charge in [0.05, 0.1) is 36.7 Å². The molecule has 6 heteroatoms. The maximum atomic E-state index is 7.14. The number of oxazole rings is 1. The zero-order chi connectivity index (χ0) is 17.8. The number of anilines is 1. The first-order valence-corrected chi connectivity index (χ1v) is 8.17. The summed E-state index contributed by atoms with van der Waals surface area (Å²) in [6.45, 7) is 14.4. The largest absolute Gasteiger partial charge is 0.435 e. The van der Waals surface area contributed by atoms with Crippen molar-refractivity contribution in [1.82, 2.24) is 9.97 Å². The van der Waals surface area contributed by atoms with E-state index in [2.05, 4.69) is 20.1 Å². The van der Waals surface area contributed by atoms with Crippen molar-refractivity contribution in [2.75, 3.05) is 18.5 Å². The van der Waals surface area contributed by atoms with Crippen LogP contribution >= 0.6 is 0 Å². The highest BCUT2D eigenvalue weighted by Crippen LogP contribution is 2.29. The summed E-state index contributed by atoms with van der Waals surface area (Å²) in [6, 6.07) is 7.32. The van der Waals surface area contributed by atoms with Crippen molar-refractivity contribution >= 4 is 22.5 Å². The van der Waals surface area contributed by atoms with Gasteiger partial charge in [0.2, 0.25) is 5.89 Å². The third-order valence-corrected chi connectivity index (χ3v) is 3.65. The molecule has 25 heavy (non-hydrogen) atoms. The summed E-state index contributed by atoms with van der Waals surface area (Å²) in [5.41, 5.74) is 4.39. The van der Waals surface area contributed by atoms with Crippen molar-refractivity contribution in [3.63, 3.8) is 0 Å². The number of nitrogens with zero attached hydrogens (tertiary/aromatic N) is 3. The highest BCUT2D eigenvalue weighted by Gasteiger charge is 2.12. The lowest BCUT2D eigenvalue weighted by Crippen LogP contribution is -2.13. The molecule has 0 unspecified atom stereocenters. The maximum absolute atomic E-state index is 7.14. The van der Waals surface area contributed by atoms with Gasteiger partial charge in [0, 0.05) is 6.54 Å². The lowest BCUT2D eigenvalue weighted by atomic mass is 10.2. The SMILES string of the molecule is [C-]#[N+]c1cc(C)c2oc(-c3ccc(NCCOC(C)C)cn3)nc2c1. The molecular weight excluding hydrogens is 316 g/mol. The summed E-state index contributed by atoms with van der Waals surface area (Å²) in [4.78, 5) is 12.3. The predicted octanol–water partition coefficient (Wildman–Crippen LogP) is 4.59. The van der Waals surface area contributed by atoms with Crippen LogP contribution in [0, 0.1) is 13.5 Å². The number of nitrogens with one attached hydrogen (secondary N) is 1. The number of fused-ring (bicyclic) bond motifs is 1. The van der Waals surface area contributed by atoms with Crippen molar-refractivity contribution in [2.24, 2.45) is 0 Å². The van der Waals surface area contributed by atoms with Gasteiger partial charge in [-0.25, -0.2) is 14.8 Å². The summed E-state index contributed by atoms with van der Waals surface area (Å²) in [7, 11) is 0. The Kier molecular flexibility index (Phi) is 4.96. The summed E-state index contributed by atoms with van der Waals surface area (Å²) in [6.07, 6.45) is 1.98. The number of ether oxygens (including phenoxy) is 1. The van der Waals surface area contributed by atoms with E-state index in [-0.39, 0.29) is 6.10 Å². The van der Waals surface area contributed by atoms with E-state index in [1.54, 1.807) is 18.3 Å². The summed E-state index contributed by atoms with van der Waals surface area (Å²) >= 11 is 0. The molecule has 3 aromatic rings. The van der Waals surface area contributed by atoms with Crippen LogP contribution in [0.4, 0.5) is 11.4 Å². The molecule has 0 spiro atoms. The second-order valence-corrected chi connectivity index (χ2v) is 6.02. The molecule has 6 nitrogen and oxygen atoms in total. The van der Waals surface area contributed by atoms with E-state index in [0.29, 0.717) is 35.0 Å². The number of benzene rings is 1. The molecule has 0 fully saturated rings. The Hall–Kier alpha value is -2.91. The van der Waals surface area contributed by atoms with Gasteiger partial charge in [-0.05, 0) is 50.6 Å². The van der Waals surface area contributed by atoms with Gasteiger partial charge < -0.3 is 14.5 Å². The van der Waals surface area contributed by atoms with Gasteiger partial charge >= 0.3 is 0 Å². The minimum Gasteiger partial charge on any atom is -0.435 e. The minimum atomic E-state index is 0.230. The fourth-order valence-corrected chi connectivity index (χ4v) is 2.47. The van der Waals surface area contributed by atoms with Gasteiger partial charge in [-0.15, -0.1) is 0 Å². The number of rotatable bonds is 6. The highest BCUT2D eigenvalue weighted by atomic mass is 16.5. The second-order valence-electron chi connectivity index (χ2n) is 6.02. The Balaban J connectivity index is 1.75. The molecule has 0 radical (unpaired) electrons. The number of aryl methyl sites for hydroxylation is 1. The lowest BCUT2D eigenvalue weighted by Gasteiger charge is -2.09. The van der Waals surface area contributed by atoms with Crippen LogP contribution in [0.3, 0.4) is 0 Å². The molecule has 0 saturated heterocycles. The van der Waals surface area contributed by atoms with Gasteiger partial charge in [-0.1, -0.05) is 0 Å². The number of pyridine rings is 1. The van der Waals surface area contributed by atoms with Gasteiger partial charge in [0.1, 0.15) is 5.69 Å². The molecule has 2 heterocycles. The van der Waals surface area contributed by atoms with Gasteiger partial charge in [-0.3, -0.25) is 0 Å². The predicted molar refractivity (Wildman–Crippen MR) is 97.8 cm³/mol. The molecule has 3 rings (SSSR count). The molecule has 0 aliphatic heterocycles. The van der Waals surface area contributed by atoms with Crippen molar-refractivity contribution in [2.45, 2.75) is 26.9 Å². The standard InChI is InChI=1S/C19H20N4O2/c1-12(2)24-8-7-21-14-5-6-16(22-11-14)19-23-17-10-15(20-4)9-13(3)18(17)25-19/h5-6,9-12,21H,7-8H2,1-3H3. The molecular formula is C19H20N4O2. The lowest BCUT2D eigenvalue weighted by molar-refractivity contribution is 0.0870. The second kappa shape index (κ2) is 7.32. The first-order valence-electron chi connectivity index (χ1n) is 8.17. The number of hydrogen-bond donors (Lipinski definition) is 1. The third-order valence-electron chi connectivity index (χ3n) is 3.65. The summed E-state index contributed by atoms with van der Waals surface area (Å²) in [5.74, 6) is 0.454. The van der Waals surface area contributed by atoms with Crippen LogP contribution in [0.25, 0.3) is 27.5 Å². The molecule has 0 aliphatic rings. The van der Waals surface area contributed by atoms with Crippen LogP contribution in [0.15, 0.2) is 34.9 Å². The molecule has 0 aliphatic carbocycles. The number of hydrogen-bond acceptors (Lipinski definition) is 5. The monoisotopic (exact) mass is 336 g/mol. The fraction of sp³-hybridized carbons (Fsp3) is 0.316. The molecule has 0 amide bonds. The van der Waals surface area contributed by atoms with Crippen LogP contribution in [0.5, 0.6) is 0 Å². The summed E-state index contributed by atoms with van der Waals surface area (Å²) in [5, 5.41) is 3.26. The smallest absolute Gasteiger partial charge is 0.246 e. The van der Waals surface area contributed by atoms with E-state index in [1.165, 1.54) is 0 Å². The highest BCUT2D eigenvalue weighted by molar-refractivity contribution is 5.83. The van der Waals surface area contributed by atoms with E-state index in [1.807, 2.05) is 32.9 Å². The Morgan fingerprint density at radius 1 is 1.32 bits per heavy atom. The normalized spacial score (nSPS) is 11.0. The van der Waals surface area contributed by atoms with Crippen molar-refractivity contribution in [1.29, 1.82) is 0 Å². The first kappa shape index (κ1) is 16.9. The summed E-state index contributed by atoms with van der Waals surface area (Å²) < 4.78 is 11.3. The van der Waals surface area contributed by atoms with E-state index in [9.17, 15) is 0 Å². The Bertz CT molecular complexity index is 908. The molecule has 128 valence electrons. The molecule has 2 aromatic heterocycles. The van der Waals surface area contributed by atoms with Crippen LogP contribution in [-0.2, 0) is 4.74 Å². The zero-order valence-corrected chi connectivity index (χ0v) is 14.5. The van der Waals surface area contributed by atoms with E-state index in [0.717, 1.165) is 17.8 Å². The fourth-order valence-electron chi connectivity index (χ4n) is 2.47. The van der Waals surface area contributed by atoms with Crippen molar-refractivity contribution in [3.05, 3.63) is 47.4 Å². The zero-order valence-electron chi connectivity index (χ0n) is 14.5. The van der Waals surface area contributed by atoms with Crippen LogP contribution in [0.1, 0.15) is 19.4 Å².